The van der Waals surface area contributed by atoms with Gasteiger partial charge in [0.15, 0.2) is 0 Å². The molecule has 0 aromatic heterocycles. The average molecular weight is 298 g/mol. The summed E-state index contributed by atoms with van der Waals surface area (Å²) in [6.45, 7) is 3.95. The SMILES string of the molecule is COC(=O)[C@H](C[C@@H]1CCCC1=O)NC(=O)[C@@H](N)CC(C)C. The van der Waals surface area contributed by atoms with Gasteiger partial charge in [-0.3, -0.25) is 9.59 Å². The molecule has 21 heavy (non-hydrogen) atoms. The first-order valence-corrected chi connectivity index (χ1v) is 7.51. The highest BCUT2D eigenvalue weighted by Gasteiger charge is 2.32. The molecule has 3 atom stereocenters. The van der Waals surface area contributed by atoms with Crippen molar-refractivity contribution in [3.63, 3.8) is 0 Å². The van der Waals surface area contributed by atoms with Gasteiger partial charge in [-0.1, -0.05) is 13.8 Å². The molecule has 0 aliphatic heterocycles. The number of esters is 1. The van der Waals surface area contributed by atoms with Gasteiger partial charge >= 0.3 is 5.97 Å². The van der Waals surface area contributed by atoms with Crippen molar-refractivity contribution in [2.24, 2.45) is 17.6 Å². The first-order chi connectivity index (χ1) is 9.85. The van der Waals surface area contributed by atoms with Crippen molar-refractivity contribution in [2.45, 2.75) is 58.0 Å². The molecule has 0 spiro atoms. The third-order valence-electron chi connectivity index (χ3n) is 3.82. The summed E-state index contributed by atoms with van der Waals surface area (Å²) < 4.78 is 4.71. The van der Waals surface area contributed by atoms with Crippen molar-refractivity contribution in [3.05, 3.63) is 0 Å². The lowest BCUT2D eigenvalue weighted by molar-refractivity contribution is -0.146. The van der Waals surface area contributed by atoms with Crippen LogP contribution >= 0.6 is 0 Å². The number of amides is 1. The number of ether oxygens (including phenoxy) is 1. The van der Waals surface area contributed by atoms with Crippen molar-refractivity contribution in [2.75, 3.05) is 7.11 Å². The van der Waals surface area contributed by atoms with Gasteiger partial charge in [0.2, 0.25) is 5.91 Å². The van der Waals surface area contributed by atoms with Crippen molar-refractivity contribution >= 4 is 17.7 Å². The number of ketones is 1. The van der Waals surface area contributed by atoms with E-state index in [2.05, 4.69) is 5.32 Å². The van der Waals surface area contributed by atoms with E-state index in [1.165, 1.54) is 7.11 Å². The lowest BCUT2D eigenvalue weighted by atomic mass is 9.96. The standard InChI is InChI=1S/C15H26N2O4/c1-9(2)7-11(16)14(19)17-12(15(20)21-3)8-10-5-4-6-13(10)18/h9-12H,4-8,16H2,1-3H3,(H,17,19)/t10-,11-,12-/m0/s1. The molecule has 0 radical (unpaired) electrons. The van der Waals surface area contributed by atoms with Crippen molar-refractivity contribution < 1.29 is 19.1 Å². The van der Waals surface area contributed by atoms with Crippen LogP contribution in [-0.4, -0.2) is 36.9 Å². The van der Waals surface area contributed by atoms with E-state index in [0.717, 1.165) is 12.8 Å². The fraction of sp³-hybridized carbons (Fsp3) is 0.800. The van der Waals surface area contributed by atoms with Gasteiger partial charge in [-0.25, -0.2) is 4.79 Å². The molecule has 1 amide bonds. The molecular weight excluding hydrogens is 272 g/mol. The van der Waals surface area contributed by atoms with E-state index in [4.69, 9.17) is 10.5 Å². The first-order valence-electron chi connectivity index (χ1n) is 7.51. The van der Waals surface area contributed by atoms with Crippen LogP contribution in [0.25, 0.3) is 0 Å². The van der Waals surface area contributed by atoms with Gasteiger partial charge in [0.25, 0.3) is 0 Å². The van der Waals surface area contributed by atoms with Crippen LogP contribution < -0.4 is 11.1 Å². The summed E-state index contributed by atoms with van der Waals surface area (Å²) in [5.41, 5.74) is 5.81. The summed E-state index contributed by atoms with van der Waals surface area (Å²) in [5.74, 6) is -0.622. The number of Topliss-reactive ketones (excluding diaryl/α,β-unsaturated/α-hetero) is 1. The lowest BCUT2D eigenvalue weighted by Gasteiger charge is -2.21. The predicted octanol–water partition coefficient (Wildman–Crippen LogP) is 0.777. The number of nitrogens with one attached hydrogen (secondary N) is 1. The Hall–Kier alpha value is -1.43. The van der Waals surface area contributed by atoms with E-state index >= 15 is 0 Å². The van der Waals surface area contributed by atoms with Crippen LogP contribution in [0.2, 0.25) is 0 Å². The molecule has 1 aliphatic rings. The molecule has 1 fully saturated rings. The fourth-order valence-corrected chi connectivity index (χ4v) is 2.67. The smallest absolute Gasteiger partial charge is 0.328 e. The Morgan fingerprint density at radius 3 is 2.57 bits per heavy atom. The van der Waals surface area contributed by atoms with Gasteiger partial charge in [0.05, 0.1) is 13.2 Å². The zero-order chi connectivity index (χ0) is 16.0. The van der Waals surface area contributed by atoms with Crippen LogP contribution in [0.15, 0.2) is 0 Å². The molecule has 0 heterocycles. The van der Waals surface area contributed by atoms with Crippen molar-refractivity contribution in [1.82, 2.24) is 5.32 Å². The number of nitrogens with two attached hydrogens (primary N) is 1. The number of hydrogen-bond donors (Lipinski definition) is 2. The largest absolute Gasteiger partial charge is 0.467 e. The zero-order valence-electron chi connectivity index (χ0n) is 13.1. The van der Waals surface area contributed by atoms with Crippen LogP contribution in [0, 0.1) is 11.8 Å². The Kier molecular flexibility index (Phi) is 6.81. The van der Waals surface area contributed by atoms with E-state index in [1.54, 1.807) is 0 Å². The first kappa shape index (κ1) is 17.6. The minimum absolute atomic E-state index is 0.157. The van der Waals surface area contributed by atoms with Crippen molar-refractivity contribution in [3.8, 4) is 0 Å². The molecule has 0 unspecified atom stereocenters. The normalized spacial score (nSPS) is 21.2. The maximum atomic E-state index is 12.0. The third-order valence-corrected chi connectivity index (χ3v) is 3.82. The van der Waals surface area contributed by atoms with Crippen LogP contribution in [0.3, 0.4) is 0 Å². The number of methoxy groups -OCH3 is 1. The van der Waals surface area contributed by atoms with Gasteiger partial charge in [-0.2, -0.15) is 0 Å². The molecule has 0 aromatic carbocycles. The van der Waals surface area contributed by atoms with Crippen LogP contribution in [0.5, 0.6) is 0 Å². The Bertz CT molecular complexity index is 395. The third kappa shape index (κ3) is 5.46. The molecule has 1 saturated carbocycles. The molecule has 0 aromatic rings. The monoisotopic (exact) mass is 298 g/mol. The number of rotatable bonds is 7. The maximum Gasteiger partial charge on any atom is 0.328 e. The summed E-state index contributed by atoms with van der Waals surface area (Å²) in [4.78, 5) is 35.5. The quantitative estimate of drug-likeness (QED) is 0.677. The van der Waals surface area contributed by atoms with Gasteiger partial charge in [-0.15, -0.1) is 0 Å². The van der Waals surface area contributed by atoms with Crippen LogP contribution in [-0.2, 0) is 19.1 Å². The van der Waals surface area contributed by atoms with Gasteiger partial charge in [0, 0.05) is 12.3 Å². The van der Waals surface area contributed by atoms with E-state index in [-0.39, 0.29) is 17.6 Å². The summed E-state index contributed by atoms with van der Waals surface area (Å²) in [6, 6.07) is -1.45. The average Bonchev–Trinajstić information content (AvgIpc) is 2.81. The number of carbonyl (C=O) groups is 3. The molecular formula is C15H26N2O4. The molecule has 6 nitrogen and oxygen atoms in total. The molecule has 6 heteroatoms. The Labute approximate surface area is 125 Å². The predicted molar refractivity (Wildman–Crippen MR) is 78.3 cm³/mol. The highest BCUT2D eigenvalue weighted by Crippen LogP contribution is 2.25. The van der Waals surface area contributed by atoms with E-state index in [1.807, 2.05) is 13.8 Å². The molecule has 0 bridgehead atoms. The summed E-state index contributed by atoms with van der Waals surface area (Å²) in [7, 11) is 1.27. The second-order valence-electron chi connectivity index (χ2n) is 6.11. The lowest BCUT2D eigenvalue weighted by Crippen LogP contribution is -2.50. The highest BCUT2D eigenvalue weighted by molar-refractivity contribution is 5.88. The minimum Gasteiger partial charge on any atom is -0.467 e. The van der Waals surface area contributed by atoms with Crippen LogP contribution in [0.1, 0.15) is 46.0 Å². The fourth-order valence-electron chi connectivity index (χ4n) is 2.67. The second kappa shape index (κ2) is 8.12. The zero-order valence-corrected chi connectivity index (χ0v) is 13.1. The van der Waals surface area contributed by atoms with E-state index in [9.17, 15) is 14.4 Å². The molecule has 0 saturated heterocycles. The topological polar surface area (TPSA) is 98.5 Å². The van der Waals surface area contributed by atoms with E-state index in [0.29, 0.717) is 25.2 Å². The Morgan fingerprint density at radius 1 is 1.43 bits per heavy atom. The second-order valence-corrected chi connectivity index (χ2v) is 6.11. The van der Waals surface area contributed by atoms with Gasteiger partial charge in [-0.05, 0) is 31.6 Å². The van der Waals surface area contributed by atoms with Gasteiger partial charge < -0.3 is 15.8 Å². The molecule has 120 valence electrons. The number of carbonyl (C=O) groups excluding carboxylic acids is 3. The maximum absolute atomic E-state index is 12.0. The molecule has 1 rings (SSSR count). The summed E-state index contributed by atoms with van der Waals surface area (Å²) >= 11 is 0. The summed E-state index contributed by atoms with van der Waals surface area (Å²) in [6.07, 6.45) is 3.01. The Balaban J connectivity index is 2.63. The molecule has 1 aliphatic carbocycles. The van der Waals surface area contributed by atoms with Gasteiger partial charge in [0.1, 0.15) is 11.8 Å². The summed E-state index contributed by atoms with van der Waals surface area (Å²) in [5, 5.41) is 2.63. The highest BCUT2D eigenvalue weighted by atomic mass is 16.5. The van der Waals surface area contributed by atoms with Crippen LogP contribution in [0.4, 0.5) is 0 Å². The van der Waals surface area contributed by atoms with Crippen molar-refractivity contribution in [1.29, 1.82) is 0 Å². The Morgan fingerprint density at radius 2 is 2.10 bits per heavy atom. The van der Waals surface area contributed by atoms with E-state index < -0.39 is 18.1 Å². The number of hydrogen-bond acceptors (Lipinski definition) is 5. The minimum atomic E-state index is -0.798. The molecule has 3 N–H and O–H groups in total.